The van der Waals surface area contributed by atoms with Crippen LogP contribution in [-0.4, -0.2) is 16.5 Å². The van der Waals surface area contributed by atoms with Gasteiger partial charge in [-0.05, 0) is 50.0 Å². The van der Waals surface area contributed by atoms with Crippen LogP contribution in [-0.2, 0) is 0 Å². The number of rotatable bonds is 4. The van der Waals surface area contributed by atoms with Crippen molar-refractivity contribution in [2.45, 2.75) is 45.4 Å². The Kier molecular flexibility index (Phi) is 4.31. The summed E-state index contributed by atoms with van der Waals surface area (Å²) in [6, 6.07) is 0. The van der Waals surface area contributed by atoms with Crippen molar-refractivity contribution in [3.63, 3.8) is 0 Å². The lowest BCUT2D eigenvalue weighted by Crippen LogP contribution is -2.05. The van der Waals surface area contributed by atoms with Gasteiger partial charge in [0.1, 0.15) is 17.0 Å². The van der Waals surface area contributed by atoms with Crippen molar-refractivity contribution in [3.8, 4) is 0 Å². The predicted octanol–water partition coefficient (Wildman–Crippen LogP) is 4.69. The fourth-order valence-electron chi connectivity index (χ4n) is 2.80. The quantitative estimate of drug-likeness (QED) is 0.829. The molecule has 0 atom stereocenters. The van der Waals surface area contributed by atoms with Gasteiger partial charge in [-0.1, -0.05) is 18.1 Å². The molecule has 4 heteroatoms. The first-order valence-corrected chi connectivity index (χ1v) is 8.33. The van der Waals surface area contributed by atoms with E-state index in [2.05, 4.69) is 33.7 Å². The van der Waals surface area contributed by atoms with E-state index in [9.17, 15) is 0 Å². The van der Waals surface area contributed by atoms with Gasteiger partial charge < -0.3 is 5.32 Å². The molecular formula is C16H21N3S. The summed E-state index contributed by atoms with van der Waals surface area (Å²) in [5.74, 6) is 0.989. The zero-order valence-corrected chi connectivity index (χ0v) is 12.8. The molecule has 0 aromatic carbocycles. The highest BCUT2D eigenvalue weighted by Crippen LogP contribution is 2.28. The maximum atomic E-state index is 4.41. The summed E-state index contributed by atoms with van der Waals surface area (Å²) in [7, 11) is 0. The summed E-state index contributed by atoms with van der Waals surface area (Å²) in [6.45, 7) is 3.09. The van der Waals surface area contributed by atoms with Crippen molar-refractivity contribution in [1.29, 1.82) is 0 Å². The Labute approximate surface area is 124 Å². The molecule has 0 aliphatic heterocycles. The van der Waals surface area contributed by atoms with Crippen LogP contribution in [0, 0.1) is 6.92 Å². The Morgan fingerprint density at radius 3 is 3.15 bits per heavy atom. The van der Waals surface area contributed by atoms with Crippen molar-refractivity contribution in [1.82, 2.24) is 9.97 Å². The summed E-state index contributed by atoms with van der Waals surface area (Å²) < 4.78 is 0. The van der Waals surface area contributed by atoms with Crippen molar-refractivity contribution < 1.29 is 0 Å². The molecule has 3 rings (SSSR count). The summed E-state index contributed by atoms with van der Waals surface area (Å²) in [5.41, 5.74) is 2.88. The Hall–Kier alpha value is -1.42. The molecule has 0 saturated heterocycles. The molecule has 0 spiro atoms. The molecule has 1 aliphatic carbocycles. The summed E-state index contributed by atoms with van der Waals surface area (Å²) in [5, 5.41) is 6.84. The predicted molar refractivity (Wildman–Crippen MR) is 86.4 cm³/mol. The van der Waals surface area contributed by atoms with Crippen molar-refractivity contribution >= 4 is 27.4 Å². The standard InChI is InChI=1S/C16H21N3S/c1-12-10-20-16-14(12)15(18-11-19-16)17-9-8-13-6-4-2-3-5-7-13/h6,10-11H,2-5,7-9H2,1H3,(H,17,18,19). The molecular weight excluding hydrogens is 266 g/mol. The van der Waals surface area contributed by atoms with Gasteiger partial charge in [0.2, 0.25) is 0 Å². The average molecular weight is 287 g/mol. The number of nitrogens with zero attached hydrogens (tertiary/aromatic N) is 2. The van der Waals surface area contributed by atoms with E-state index >= 15 is 0 Å². The minimum atomic E-state index is 0.966. The van der Waals surface area contributed by atoms with Gasteiger partial charge in [0.15, 0.2) is 0 Å². The van der Waals surface area contributed by atoms with E-state index in [4.69, 9.17) is 0 Å². The van der Waals surface area contributed by atoms with E-state index in [1.54, 1.807) is 23.2 Å². The van der Waals surface area contributed by atoms with Crippen LogP contribution in [0.2, 0.25) is 0 Å². The van der Waals surface area contributed by atoms with E-state index in [-0.39, 0.29) is 0 Å². The maximum Gasteiger partial charge on any atom is 0.138 e. The third-order valence-electron chi connectivity index (χ3n) is 3.93. The Morgan fingerprint density at radius 1 is 1.25 bits per heavy atom. The van der Waals surface area contributed by atoms with Crippen LogP contribution in [0.5, 0.6) is 0 Å². The second-order valence-corrected chi connectivity index (χ2v) is 6.32. The second kappa shape index (κ2) is 6.35. The molecule has 0 saturated carbocycles. The van der Waals surface area contributed by atoms with Crippen LogP contribution in [0.4, 0.5) is 5.82 Å². The van der Waals surface area contributed by atoms with Crippen LogP contribution in [0.1, 0.15) is 44.1 Å². The van der Waals surface area contributed by atoms with E-state index in [1.165, 1.54) is 43.1 Å². The molecule has 0 bridgehead atoms. The van der Waals surface area contributed by atoms with Gasteiger partial charge in [-0.15, -0.1) is 11.3 Å². The lowest BCUT2D eigenvalue weighted by atomic mass is 10.1. The lowest BCUT2D eigenvalue weighted by molar-refractivity contribution is 0.704. The van der Waals surface area contributed by atoms with E-state index < -0.39 is 0 Å². The first-order valence-electron chi connectivity index (χ1n) is 7.45. The lowest BCUT2D eigenvalue weighted by Gasteiger charge is -2.09. The molecule has 0 amide bonds. The molecule has 106 valence electrons. The molecule has 2 aromatic heterocycles. The number of thiophene rings is 1. The number of anilines is 1. The zero-order valence-electron chi connectivity index (χ0n) is 12.0. The molecule has 2 heterocycles. The first kappa shape index (κ1) is 13.6. The van der Waals surface area contributed by atoms with E-state index in [1.807, 2.05) is 0 Å². The van der Waals surface area contributed by atoms with Crippen molar-refractivity contribution in [3.05, 3.63) is 28.9 Å². The third-order valence-corrected chi connectivity index (χ3v) is 4.93. The summed E-state index contributed by atoms with van der Waals surface area (Å²) >= 11 is 1.69. The Balaban J connectivity index is 1.65. The minimum absolute atomic E-state index is 0.966. The topological polar surface area (TPSA) is 37.8 Å². The van der Waals surface area contributed by atoms with Crippen LogP contribution < -0.4 is 5.32 Å². The smallest absolute Gasteiger partial charge is 0.138 e. The molecule has 1 aliphatic rings. The minimum Gasteiger partial charge on any atom is -0.369 e. The van der Waals surface area contributed by atoms with Crippen LogP contribution in [0.3, 0.4) is 0 Å². The van der Waals surface area contributed by atoms with Gasteiger partial charge in [0.25, 0.3) is 0 Å². The summed E-state index contributed by atoms with van der Waals surface area (Å²) in [4.78, 5) is 9.81. The van der Waals surface area contributed by atoms with Crippen LogP contribution in [0.15, 0.2) is 23.4 Å². The summed E-state index contributed by atoms with van der Waals surface area (Å²) in [6.07, 6.45) is 11.9. The number of nitrogens with one attached hydrogen (secondary N) is 1. The van der Waals surface area contributed by atoms with Gasteiger partial charge in [0.05, 0.1) is 5.39 Å². The monoisotopic (exact) mass is 287 g/mol. The number of aryl methyl sites for hydroxylation is 1. The first-order chi connectivity index (χ1) is 9.84. The zero-order chi connectivity index (χ0) is 13.8. The fraction of sp³-hybridized carbons (Fsp3) is 0.500. The number of aromatic nitrogens is 2. The maximum absolute atomic E-state index is 4.41. The van der Waals surface area contributed by atoms with Crippen molar-refractivity contribution in [2.24, 2.45) is 0 Å². The highest BCUT2D eigenvalue weighted by molar-refractivity contribution is 7.17. The van der Waals surface area contributed by atoms with Gasteiger partial charge in [-0.2, -0.15) is 0 Å². The molecule has 0 radical (unpaired) electrons. The Morgan fingerprint density at radius 2 is 2.20 bits per heavy atom. The molecule has 2 aromatic rings. The van der Waals surface area contributed by atoms with E-state index in [0.29, 0.717) is 0 Å². The van der Waals surface area contributed by atoms with Gasteiger partial charge in [-0.25, -0.2) is 9.97 Å². The molecule has 0 unspecified atom stereocenters. The highest BCUT2D eigenvalue weighted by Gasteiger charge is 2.08. The largest absolute Gasteiger partial charge is 0.369 e. The molecule has 20 heavy (non-hydrogen) atoms. The van der Waals surface area contributed by atoms with Crippen LogP contribution in [0.25, 0.3) is 10.2 Å². The molecule has 1 N–H and O–H groups in total. The van der Waals surface area contributed by atoms with Gasteiger partial charge >= 0.3 is 0 Å². The normalized spacial score (nSPS) is 15.9. The van der Waals surface area contributed by atoms with Crippen molar-refractivity contribution in [2.75, 3.05) is 11.9 Å². The number of allylic oxidation sites excluding steroid dienone is 1. The second-order valence-electron chi connectivity index (χ2n) is 5.46. The average Bonchev–Trinajstić information content (AvgIpc) is 2.69. The number of fused-ring (bicyclic) bond motifs is 1. The number of hydrogen-bond donors (Lipinski definition) is 1. The van der Waals surface area contributed by atoms with E-state index in [0.717, 1.165) is 23.6 Å². The molecule has 3 nitrogen and oxygen atoms in total. The van der Waals surface area contributed by atoms with Gasteiger partial charge in [0, 0.05) is 6.54 Å². The fourth-order valence-corrected chi connectivity index (χ4v) is 3.69. The number of hydrogen-bond acceptors (Lipinski definition) is 4. The SMILES string of the molecule is Cc1csc2ncnc(NCCC3=CCCCCC3)c12. The highest BCUT2D eigenvalue weighted by atomic mass is 32.1. The Bertz CT molecular complexity index is 615. The van der Waals surface area contributed by atoms with Crippen LogP contribution >= 0.6 is 11.3 Å². The van der Waals surface area contributed by atoms with Gasteiger partial charge in [-0.3, -0.25) is 0 Å². The third kappa shape index (κ3) is 3.01. The molecule has 0 fully saturated rings.